The average molecular weight is 291 g/mol. The maximum absolute atomic E-state index is 12.2. The number of hydrogen-bond acceptors (Lipinski definition) is 2. The van der Waals surface area contributed by atoms with Crippen molar-refractivity contribution >= 4 is 16.7 Å². The second-order valence-corrected chi connectivity index (χ2v) is 5.18. The van der Waals surface area contributed by atoms with Crippen molar-refractivity contribution in [3.63, 3.8) is 0 Å². The lowest BCUT2D eigenvalue weighted by atomic mass is 10.0. The Morgan fingerprint density at radius 1 is 0.909 bits per heavy atom. The lowest BCUT2D eigenvalue weighted by Crippen LogP contribution is -2.31. The fourth-order valence-electron chi connectivity index (χ4n) is 2.37. The summed E-state index contributed by atoms with van der Waals surface area (Å²) < 4.78 is 0. The lowest BCUT2D eigenvalue weighted by Gasteiger charge is -2.14. The second kappa shape index (κ2) is 6.31. The molecule has 3 aromatic rings. The normalized spacial score (nSPS) is 11.9. The molecule has 0 aliphatic carbocycles. The van der Waals surface area contributed by atoms with Crippen LogP contribution in [0.4, 0.5) is 0 Å². The van der Waals surface area contributed by atoms with Gasteiger partial charge in [-0.15, -0.1) is 0 Å². The molecule has 0 spiro atoms. The summed E-state index contributed by atoms with van der Waals surface area (Å²) in [6.45, 7) is 1.86. The zero-order valence-electron chi connectivity index (χ0n) is 12.3. The van der Waals surface area contributed by atoms with Crippen LogP contribution in [0.1, 0.15) is 18.4 Å². The summed E-state index contributed by atoms with van der Waals surface area (Å²) in [5.74, 6) is 0.210. The van der Waals surface area contributed by atoms with Crippen LogP contribution >= 0.6 is 0 Å². The first-order chi connectivity index (χ1) is 10.8. The minimum atomic E-state index is -0.267. The van der Waals surface area contributed by atoms with Crippen LogP contribution in [-0.2, 0) is 4.79 Å². The summed E-state index contributed by atoms with van der Waals surface area (Å²) in [6.07, 6.45) is 0. The van der Waals surface area contributed by atoms with Crippen molar-refractivity contribution in [3.8, 4) is 5.75 Å². The van der Waals surface area contributed by atoms with Gasteiger partial charge in [0.25, 0.3) is 5.91 Å². The van der Waals surface area contributed by atoms with E-state index < -0.39 is 0 Å². The number of benzene rings is 3. The molecular weight excluding hydrogens is 274 g/mol. The summed E-state index contributed by atoms with van der Waals surface area (Å²) in [7, 11) is 0. The Kier molecular flexibility index (Phi) is 4.05. The van der Waals surface area contributed by atoms with Crippen LogP contribution < -0.4 is 10.3 Å². The van der Waals surface area contributed by atoms with Gasteiger partial charge in [0, 0.05) is 5.39 Å². The molecule has 3 aromatic carbocycles. The molecule has 3 rings (SSSR count). The average Bonchev–Trinajstić information content (AvgIpc) is 2.59. The first kappa shape index (κ1) is 14.1. The third-order valence-electron chi connectivity index (χ3n) is 3.70. The van der Waals surface area contributed by atoms with E-state index >= 15 is 0 Å². The number of amides is 1. The Bertz CT molecular complexity index is 778. The molecule has 1 unspecified atom stereocenters. The highest BCUT2D eigenvalue weighted by atomic mass is 16.7. The molecule has 1 amide bonds. The third-order valence-corrected chi connectivity index (χ3v) is 3.70. The summed E-state index contributed by atoms with van der Waals surface area (Å²) in [5.41, 5.74) is 3.51. The van der Waals surface area contributed by atoms with Crippen LogP contribution in [0.3, 0.4) is 0 Å². The van der Waals surface area contributed by atoms with E-state index in [0.717, 1.165) is 16.3 Å². The monoisotopic (exact) mass is 291 g/mol. The predicted octanol–water partition coefficient (Wildman–Crippen LogP) is 4.05. The molecule has 1 N–H and O–H groups in total. The fourth-order valence-corrected chi connectivity index (χ4v) is 2.37. The highest BCUT2D eigenvalue weighted by Crippen LogP contribution is 2.24. The predicted molar refractivity (Wildman–Crippen MR) is 87.6 cm³/mol. The quantitative estimate of drug-likeness (QED) is 0.736. The largest absolute Gasteiger partial charge is 0.379 e. The SMILES string of the molecule is CC(C(=O)NOc1cccc2ccccc12)c1ccccc1. The highest BCUT2D eigenvalue weighted by molar-refractivity contribution is 5.88. The highest BCUT2D eigenvalue weighted by Gasteiger charge is 2.15. The summed E-state index contributed by atoms with van der Waals surface area (Å²) in [4.78, 5) is 17.7. The van der Waals surface area contributed by atoms with E-state index in [9.17, 15) is 4.79 Å². The molecule has 110 valence electrons. The fraction of sp³-hybridized carbons (Fsp3) is 0.105. The standard InChI is InChI=1S/C19H17NO2/c1-14(15-8-3-2-4-9-15)19(21)20-22-18-13-7-11-16-10-5-6-12-17(16)18/h2-14H,1H3,(H,20,21). The van der Waals surface area contributed by atoms with Gasteiger partial charge in [-0.2, -0.15) is 5.48 Å². The smallest absolute Gasteiger partial charge is 0.259 e. The maximum Gasteiger partial charge on any atom is 0.259 e. The van der Waals surface area contributed by atoms with Crippen molar-refractivity contribution in [2.75, 3.05) is 0 Å². The number of rotatable bonds is 4. The molecule has 0 saturated heterocycles. The van der Waals surface area contributed by atoms with Crippen molar-refractivity contribution in [1.82, 2.24) is 5.48 Å². The molecule has 0 fully saturated rings. The van der Waals surface area contributed by atoms with Gasteiger partial charge in [-0.3, -0.25) is 4.79 Å². The Labute approximate surface area is 129 Å². The molecule has 0 aliphatic rings. The van der Waals surface area contributed by atoms with Gasteiger partial charge in [-0.1, -0.05) is 66.7 Å². The molecule has 1 atom stereocenters. The van der Waals surface area contributed by atoms with Crippen molar-refractivity contribution in [2.45, 2.75) is 12.8 Å². The van der Waals surface area contributed by atoms with E-state index in [-0.39, 0.29) is 11.8 Å². The summed E-state index contributed by atoms with van der Waals surface area (Å²) in [5, 5.41) is 2.04. The lowest BCUT2D eigenvalue weighted by molar-refractivity contribution is -0.128. The van der Waals surface area contributed by atoms with E-state index in [0.29, 0.717) is 5.75 Å². The van der Waals surface area contributed by atoms with Gasteiger partial charge in [-0.25, -0.2) is 0 Å². The van der Waals surface area contributed by atoms with Crippen molar-refractivity contribution in [3.05, 3.63) is 78.4 Å². The Balaban J connectivity index is 1.73. The van der Waals surface area contributed by atoms with E-state index in [1.807, 2.05) is 79.7 Å². The number of fused-ring (bicyclic) bond motifs is 1. The van der Waals surface area contributed by atoms with Crippen molar-refractivity contribution in [2.24, 2.45) is 0 Å². The molecule has 0 aromatic heterocycles. The van der Waals surface area contributed by atoms with Crippen molar-refractivity contribution in [1.29, 1.82) is 0 Å². The maximum atomic E-state index is 12.2. The van der Waals surface area contributed by atoms with Gasteiger partial charge in [0.15, 0.2) is 5.75 Å². The first-order valence-electron chi connectivity index (χ1n) is 7.25. The van der Waals surface area contributed by atoms with Gasteiger partial charge in [0.2, 0.25) is 0 Å². The van der Waals surface area contributed by atoms with E-state index in [2.05, 4.69) is 5.48 Å². The third kappa shape index (κ3) is 2.93. The zero-order valence-corrected chi connectivity index (χ0v) is 12.3. The zero-order chi connectivity index (χ0) is 15.4. The van der Waals surface area contributed by atoms with Gasteiger partial charge in [0.1, 0.15) is 0 Å². The molecule has 0 radical (unpaired) electrons. The summed E-state index contributed by atoms with van der Waals surface area (Å²) >= 11 is 0. The van der Waals surface area contributed by atoms with E-state index in [1.54, 1.807) is 0 Å². The molecule has 0 bridgehead atoms. The van der Waals surface area contributed by atoms with Gasteiger partial charge < -0.3 is 4.84 Å². The number of hydrogen-bond donors (Lipinski definition) is 1. The number of carbonyl (C=O) groups excluding carboxylic acids is 1. The molecular formula is C19H17NO2. The van der Waals surface area contributed by atoms with Gasteiger partial charge in [-0.05, 0) is 23.9 Å². The molecule has 0 aliphatic heterocycles. The second-order valence-electron chi connectivity index (χ2n) is 5.18. The number of nitrogens with one attached hydrogen (secondary N) is 1. The molecule has 3 nitrogen and oxygen atoms in total. The molecule has 22 heavy (non-hydrogen) atoms. The van der Waals surface area contributed by atoms with Crippen LogP contribution in [0, 0.1) is 0 Å². The van der Waals surface area contributed by atoms with E-state index in [4.69, 9.17) is 4.84 Å². The molecule has 0 heterocycles. The topological polar surface area (TPSA) is 38.3 Å². The minimum absolute atomic E-state index is 0.167. The van der Waals surface area contributed by atoms with Gasteiger partial charge in [0.05, 0.1) is 5.92 Å². The van der Waals surface area contributed by atoms with Crippen LogP contribution in [0.2, 0.25) is 0 Å². The minimum Gasteiger partial charge on any atom is -0.379 e. The number of carbonyl (C=O) groups is 1. The van der Waals surface area contributed by atoms with Crippen LogP contribution in [0.15, 0.2) is 72.8 Å². The Hall–Kier alpha value is -2.81. The van der Waals surface area contributed by atoms with Crippen LogP contribution in [0.5, 0.6) is 5.75 Å². The van der Waals surface area contributed by atoms with E-state index in [1.165, 1.54) is 0 Å². The van der Waals surface area contributed by atoms with Crippen LogP contribution in [-0.4, -0.2) is 5.91 Å². The first-order valence-corrected chi connectivity index (χ1v) is 7.25. The number of hydroxylamine groups is 1. The van der Waals surface area contributed by atoms with Crippen LogP contribution in [0.25, 0.3) is 10.8 Å². The van der Waals surface area contributed by atoms with Crippen molar-refractivity contribution < 1.29 is 9.63 Å². The van der Waals surface area contributed by atoms with Gasteiger partial charge >= 0.3 is 0 Å². The summed E-state index contributed by atoms with van der Waals surface area (Å²) in [6, 6.07) is 23.3. The Morgan fingerprint density at radius 2 is 1.59 bits per heavy atom. The Morgan fingerprint density at radius 3 is 2.41 bits per heavy atom. The molecule has 0 saturated carbocycles. The molecule has 3 heteroatoms.